The maximum absolute atomic E-state index is 12.3. The Bertz CT molecular complexity index is 978. The Morgan fingerprint density at radius 2 is 2.12 bits per heavy atom. The second kappa shape index (κ2) is 6.12. The van der Waals surface area contributed by atoms with Crippen molar-refractivity contribution in [3.8, 4) is 5.75 Å². The van der Waals surface area contributed by atoms with Gasteiger partial charge in [-0.15, -0.1) is 0 Å². The van der Waals surface area contributed by atoms with Gasteiger partial charge in [0.05, 0.1) is 18.8 Å². The molecule has 3 rings (SSSR count). The number of nitrogen functional groups attached to an aromatic ring is 1. The van der Waals surface area contributed by atoms with Gasteiger partial charge in [0.15, 0.2) is 10.8 Å². The fourth-order valence-electron chi connectivity index (χ4n) is 2.59. The minimum atomic E-state index is -0.355. The number of aryl methyl sites for hydroxylation is 1. The number of rotatable bonds is 4. The first-order chi connectivity index (χ1) is 11.4. The molecule has 3 aromatic rings. The number of aromatic nitrogens is 5. The van der Waals surface area contributed by atoms with Gasteiger partial charge < -0.3 is 15.5 Å². The van der Waals surface area contributed by atoms with Crippen LogP contribution in [0.2, 0.25) is 5.15 Å². The molecule has 0 amide bonds. The maximum atomic E-state index is 12.3. The van der Waals surface area contributed by atoms with Crippen molar-refractivity contribution < 1.29 is 4.74 Å². The Kier molecular flexibility index (Phi) is 4.15. The zero-order valence-corrected chi connectivity index (χ0v) is 14.3. The van der Waals surface area contributed by atoms with Gasteiger partial charge in [0, 0.05) is 17.3 Å². The molecule has 0 radical (unpaired) electrons. The number of anilines is 1. The van der Waals surface area contributed by atoms with Gasteiger partial charge in [-0.05, 0) is 20.8 Å². The molecule has 0 saturated heterocycles. The monoisotopic (exact) mass is 348 g/mol. The molecule has 0 aliphatic rings. The van der Waals surface area contributed by atoms with E-state index in [0.29, 0.717) is 23.5 Å². The van der Waals surface area contributed by atoms with E-state index in [9.17, 15) is 4.79 Å². The highest BCUT2D eigenvalue weighted by atomic mass is 35.5. The molecular formula is C15H17ClN6O2. The number of nitrogens with zero attached hydrogens (tertiary/aromatic N) is 4. The molecule has 3 aromatic heterocycles. The van der Waals surface area contributed by atoms with Crippen LogP contribution in [0, 0.1) is 13.8 Å². The molecule has 0 aliphatic heterocycles. The number of imidazole rings is 1. The lowest BCUT2D eigenvalue weighted by Crippen LogP contribution is -2.19. The van der Waals surface area contributed by atoms with Crippen molar-refractivity contribution in [2.75, 3.05) is 12.3 Å². The highest BCUT2D eigenvalue weighted by Gasteiger charge is 2.16. The van der Waals surface area contributed by atoms with E-state index >= 15 is 0 Å². The summed E-state index contributed by atoms with van der Waals surface area (Å²) >= 11 is 6.02. The van der Waals surface area contributed by atoms with Gasteiger partial charge in [0.1, 0.15) is 11.3 Å². The molecule has 8 nitrogen and oxygen atoms in total. The molecule has 0 spiro atoms. The van der Waals surface area contributed by atoms with Gasteiger partial charge in [0.25, 0.3) is 0 Å². The Hall–Kier alpha value is -2.61. The number of hydrogen-bond donors (Lipinski definition) is 2. The van der Waals surface area contributed by atoms with Crippen LogP contribution in [0.3, 0.4) is 0 Å². The summed E-state index contributed by atoms with van der Waals surface area (Å²) in [6.07, 6.45) is 1.73. The van der Waals surface area contributed by atoms with E-state index < -0.39 is 0 Å². The van der Waals surface area contributed by atoms with Crippen molar-refractivity contribution in [1.29, 1.82) is 0 Å². The van der Waals surface area contributed by atoms with E-state index in [1.165, 1.54) is 4.57 Å². The molecule has 3 heterocycles. The average Bonchev–Trinajstić information content (AvgIpc) is 2.83. The molecule has 0 unspecified atom stereocenters. The van der Waals surface area contributed by atoms with E-state index in [1.807, 2.05) is 20.8 Å². The first kappa shape index (κ1) is 16.3. The SMILES string of the molecule is CCOc1c(C)cnc(Cn2c(=O)[nH]c3c(Cl)nc(N)nc32)c1C. The van der Waals surface area contributed by atoms with Crippen molar-refractivity contribution in [3.63, 3.8) is 0 Å². The Morgan fingerprint density at radius 1 is 1.38 bits per heavy atom. The third-order valence-electron chi connectivity index (χ3n) is 3.74. The predicted octanol–water partition coefficient (Wildman–Crippen LogP) is 1.81. The number of nitrogens with one attached hydrogen (secondary N) is 1. The number of H-pyrrole nitrogens is 1. The van der Waals surface area contributed by atoms with Crippen LogP contribution in [-0.2, 0) is 6.54 Å². The standard InChI is InChI=1S/C15H17ClN6O2/c1-4-24-11-7(2)5-18-9(8(11)3)6-22-13-10(19-15(22)23)12(16)20-14(17)21-13/h5H,4,6H2,1-3H3,(H,19,23)(H2,17,20,21). The van der Waals surface area contributed by atoms with Crippen molar-refractivity contribution >= 4 is 28.7 Å². The summed E-state index contributed by atoms with van der Waals surface area (Å²) in [5.74, 6) is 0.784. The van der Waals surface area contributed by atoms with Gasteiger partial charge in [0.2, 0.25) is 5.95 Å². The Balaban J connectivity index is 2.13. The van der Waals surface area contributed by atoms with Crippen LogP contribution in [0.15, 0.2) is 11.0 Å². The van der Waals surface area contributed by atoms with E-state index in [4.69, 9.17) is 22.1 Å². The number of nitrogens with two attached hydrogens (primary N) is 1. The second-order valence-electron chi connectivity index (χ2n) is 5.36. The number of fused-ring (bicyclic) bond motifs is 1. The van der Waals surface area contributed by atoms with E-state index in [-0.39, 0.29) is 23.3 Å². The van der Waals surface area contributed by atoms with Gasteiger partial charge in [-0.1, -0.05) is 11.6 Å². The van der Waals surface area contributed by atoms with Crippen molar-refractivity contribution in [2.24, 2.45) is 0 Å². The Labute approximate surface area is 142 Å². The topological polar surface area (TPSA) is 112 Å². The summed E-state index contributed by atoms with van der Waals surface area (Å²) in [5.41, 5.74) is 8.51. The van der Waals surface area contributed by atoms with Crippen LogP contribution in [0.5, 0.6) is 5.75 Å². The van der Waals surface area contributed by atoms with Crippen molar-refractivity contribution in [3.05, 3.63) is 38.7 Å². The lowest BCUT2D eigenvalue weighted by Gasteiger charge is -2.14. The average molecular weight is 349 g/mol. The fraction of sp³-hybridized carbons (Fsp3) is 0.333. The van der Waals surface area contributed by atoms with Crippen molar-refractivity contribution in [2.45, 2.75) is 27.3 Å². The number of ether oxygens (including phenoxy) is 1. The molecular weight excluding hydrogens is 332 g/mol. The van der Waals surface area contributed by atoms with Crippen LogP contribution in [0.25, 0.3) is 11.2 Å². The van der Waals surface area contributed by atoms with Crippen LogP contribution in [0.4, 0.5) is 5.95 Å². The first-order valence-electron chi connectivity index (χ1n) is 7.41. The fourth-order valence-corrected chi connectivity index (χ4v) is 2.81. The third kappa shape index (κ3) is 2.69. The zero-order chi connectivity index (χ0) is 17.4. The normalized spacial score (nSPS) is 11.2. The van der Waals surface area contributed by atoms with Crippen LogP contribution in [0.1, 0.15) is 23.7 Å². The maximum Gasteiger partial charge on any atom is 0.328 e. The number of hydrogen-bond acceptors (Lipinski definition) is 6. The van der Waals surface area contributed by atoms with Crippen LogP contribution >= 0.6 is 11.6 Å². The van der Waals surface area contributed by atoms with E-state index in [1.54, 1.807) is 6.20 Å². The summed E-state index contributed by atoms with van der Waals surface area (Å²) in [6.45, 7) is 6.54. The molecule has 0 saturated carbocycles. The molecule has 24 heavy (non-hydrogen) atoms. The molecule has 0 bridgehead atoms. The molecule has 9 heteroatoms. The molecule has 0 aliphatic carbocycles. The highest BCUT2D eigenvalue weighted by Crippen LogP contribution is 2.25. The smallest absolute Gasteiger partial charge is 0.328 e. The number of aromatic amines is 1. The molecule has 126 valence electrons. The Morgan fingerprint density at radius 3 is 2.83 bits per heavy atom. The highest BCUT2D eigenvalue weighted by molar-refractivity contribution is 6.33. The predicted molar refractivity (Wildman–Crippen MR) is 91.6 cm³/mol. The molecule has 0 fully saturated rings. The molecule has 0 atom stereocenters. The third-order valence-corrected chi connectivity index (χ3v) is 4.01. The quantitative estimate of drug-likeness (QED) is 0.695. The number of halogens is 1. The van der Waals surface area contributed by atoms with E-state index in [0.717, 1.165) is 16.9 Å². The lowest BCUT2D eigenvalue weighted by molar-refractivity contribution is 0.334. The van der Waals surface area contributed by atoms with Crippen LogP contribution < -0.4 is 16.2 Å². The lowest BCUT2D eigenvalue weighted by atomic mass is 10.1. The van der Waals surface area contributed by atoms with Gasteiger partial charge in [-0.3, -0.25) is 9.55 Å². The van der Waals surface area contributed by atoms with Crippen molar-refractivity contribution in [1.82, 2.24) is 24.5 Å². The van der Waals surface area contributed by atoms with Crippen LogP contribution in [-0.4, -0.2) is 31.1 Å². The minimum absolute atomic E-state index is 0.00356. The van der Waals surface area contributed by atoms with Gasteiger partial charge >= 0.3 is 5.69 Å². The van der Waals surface area contributed by atoms with Gasteiger partial charge in [-0.25, -0.2) is 4.79 Å². The van der Waals surface area contributed by atoms with Gasteiger partial charge in [-0.2, -0.15) is 9.97 Å². The summed E-state index contributed by atoms with van der Waals surface area (Å²) in [5, 5.41) is 0.108. The molecule has 3 N–H and O–H groups in total. The number of pyridine rings is 1. The first-order valence-corrected chi connectivity index (χ1v) is 7.79. The molecule has 0 aromatic carbocycles. The summed E-state index contributed by atoms with van der Waals surface area (Å²) in [7, 11) is 0. The summed E-state index contributed by atoms with van der Waals surface area (Å²) in [6, 6.07) is 0. The zero-order valence-electron chi connectivity index (χ0n) is 13.6. The second-order valence-corrected chi connectivity index (χ2v) is 5.72. The minimum Gasteiger partial charge on any atom is -0.493 e. The largest absolute Gasteiger partial charge is 0.493 e. The summed E-state index contributed by atoms with van der Waals surface area (Å²) < 4.78 is 7.11. The van der Waals surface area contributed by atoms with E-state index in [2.05, 4.69) is 19.9 Å². The summed E-state index contributed by atoms with van der Waals surface area (Å²) in [4.78, 5) is 27.3.